The first-order valence-corrected chi connectivity index (χ1v) is 8.70. The van der Waals surface area contributed by atoms with E-state index in [-0.39, 0.29) is 11.9 Å². The molecule has 0 bridgehead atoms. The molecule has 0 aliphatic carbocycles. The Balaban J connectivity index is 2.32. The van der Waals surface area contributed by atoms with Crippen molar-refractivity contribution in [1.82, 2.24) is 10.2 Å². The van der Waals surface area contributed by atoms with Crippen LogP contribution in [0.2, 0.25) is 0 Å². The van der Waals surface area contributed by atoms with Gasteiger partial charge in [-0.1, -0.05) is 30.3 Å². The summed E-state index contributed by atoms with van der Waals surface area (Å²) in [6.45, 7) is 3.60. The van der Waals surface area contributed by atoms with Gasteiger partial charge in [0.15, 0.2) is 0 Å². The second kappa shape index (κ2) is 9.82. The van der Waals surface area contributed by atoms with Crippen molar-refractivity contribution >= 4 is 17.7 Å². The van der Waals surface area contributed by atoms with E-state index in [9.17, 15) is 4.79 Å². The lowest BCUT2D eigenvalue weighted by atomic mass is 10.2. The summed E-state index contributed by atoms with van der Waals surface area (Å²) in [7, 11) is 2.07. The Labute approximate surface area is 132 Å². The minimum atomic E-state index is -0.399. The Hall–Kier alpha value is -1.04. The molecule has 1 aromatic rings. The van der Waals surface area contributed by atoms with Crippen molar-refractivity contribution < 1.29 is 4.79 Å². The van der Waals surface area contributed by atoms with Crippen molar-refractivity contribution in [2.75, 3.05) is 25.6 Å². The largest absolute Gasteiger partial charge is 0.353 e. The number of thioether (sulfide) groups is 1. The topological polar surface area (TPSA) is 58.4 Å². The number of nitrogens with zero attached hydrogens (tertiary/aromatic N) is 1. The molecule has 0 aliphatic heterocycles. The number of carbonyl (C=O) groups is 1. The van der Waals surface area contributed by atoms with Crippen LogP contribution in [0.25, 0.3) is 0 Å². The third-order valence-electron chi connectivity index (χ3n) is 3.57. The van der Waals surface area contributed by atoms with Crippen LogP contribution in [0.3, 0.4) is 0 Å². The van der Waals surface area contributed by atoms with E-state index in [0.717, 1.165) is 18.7 Å². The van der Waals surface area contributed by atoms with Gasteiger partial charge < -0.3 is 11.1 Å². The summed E-state index contributed by atoms with van der Waals surface area (Å²) in [6, 6.07) is 10.2. The summed E-state index contributed by atoms with van der Waals surface area (Å²) in [5.74, 6) is 0.863. The molecule has 2 atom stereocenters. The predicted molar refractivity (Wildman–Crippen MR) is 91.4 cm³/mol. The number of rotatable bonds is 9. The van der Waals surface area contributed by atoms with Gasteiger partial charge in [-0.15, -0.1) is 0 Å². The van der Waals surface area contributed by atoms with Gasteiger partial charge in [0.2, 0.25) is 5.91 Å². The molecular weight excluding hydrogens is 282 g/mol. The van der Waals surface area contributed by atoms with E-state index >= 15 is 0 Å². The number of benzene rings is 1. The van der Waals surface area contributed by atoms with E-state index in [2.05, 4.69) is 36.3 Å². The van der Waals surface area contributed by atoms with Crippen LogP contribution >= 0.6 is 11.8 Å². The van der Waals surface area contributed by atoms with Crippen LogP contribution in [0.4, 0.5) is 0 Å². The fraction of sp³-hybridized carbons (Fsp3) is 0.562. The van der Waals surface area contributed by atoms with Crippen molar-refractivity contribution in [2.45, 2.75) is 32.0 Å². The molecule has 118 valence electrons. The van der Waals surface area contributed by atoms with Crippen molar-refractivity contribution in [2.24, 2.45) is 5.73 Å². The zero-order valence-electron chi connectivity index (χ0n) is 13.2. The van der Waals surface area contributed by atoms with Gasteiger partial charge in [-0.3, -0.25) is 9.69 Å². The highest BCUT2D eigenvalue weighted by Crippen LogP contribution is 2.05. The molecule has 0 spiro atoms. The maximum atomic E-state index is 11.9. The van der Waals surface area contributed by atoms with Crippen LogP contribution in [0, 0.1) is 0 Å². The molecule has 0 aliphatic rings. The molecule has 21 heavy (non-hydrogen) atoms. The van der Waals surface area contributed by atoms with Crippen LogP contribution in [-0.4, -0.2) is 48.5 Å². The van der Waals surface area contributed by atoms with Crippen LogP contribution in [0.5, 0.6) is 0 Å². The second-order valence-corrected chi connectivity index (χ2v) is 6.37. The van der Waals surface area contributed by atoms with Crippen LogP contribution in [-0.2, 0) is 11.3 Å². The molecule has 0 aromatic heterocycles. The van der Waals surface area contributed by atoms with E-state index in [1.54, 1.807) is 11.8 Å². The molecule has 0 heterocycles. The number of hydrogen-bond donors (Lipinski definition) is 2. The molecule has 0 saturated carbocycles. The maximum Gasteiger partial charge on any atom is 0.237 e. The number of nitrogens with two attached hydrogens (primary N) is 1. The van der Waals surface area contributed by atoms with Gasteiger partial charge in [-0.2, -0.15) is 11.8 Å². The first-order valence-electron chi connectivity index (χ1n) is 7.31. The summed E-state index contributed by atoms with van der Waals surface area (Å²) in [5.41, 5.74) is 7.12. The molecule has 1 unspecified atom stereocenters. The van der Waals surface area contributed by atoms with Crippen molar-refractivity contribution in [3.05, 3.63) is 35.9 Å². The highest BCUT2D eigenvalue weighted by atomic mass is 32.2. The average Bonchev–Trinajstić information content (AvgIpc) is 2.50. The Morgan fingerprint density at radius 1 is 1.38 bits per heavy atom. The standard InChI is InChI=1S/C16H27N3OS/c1-13(11-18-16(20)15(17)9-10-21-3)19(2)12-14-7-5-4-6-8-14/h4-8,13,15H,9-12,17H2,1-3H3,(H,18,20)/t13?,15-/m0/s1. The molecule has 5 heteroatoms. The molecule has 0 saturated heterocycles. The van der Waals surface area contributed by atoms with Gasteiger partial charge >= 0.3 is 0 Å². The lowest BCUT2D eigenvalue weighted by molar-refractivity contribution is -0.122. The molecule has 1 rings (SSSR count). The summed E-state index contributed by atoms with van der Waals surface area (Å²) < 4.78 is 0. The predicted octanol–water partition coefficient (Wildman–Crippen LogP) is 1.70. The fourth-order valence-electron chi connectivity index (χ4n) is 1.94. The van der Waals surface area contributed by atoms with Crippen LogP contribution in [0.15, 0.2) is 30.3 Å². The molecule has 0 fully saturated rings. The quantitative estimate of drug-likeness (QED) is 0.729. The van der Waals surface area contributed by atoms with E-state index < -0.39 is 6.04 Å². The van der Waals surface area contributed by atoms with Crippen LogP contribution in [0.1, 0.15) is 18.9 Å². The molecule has 3 N–H and O–H groups in total. The Kier molecular flexibility index (Phi) is 8.42. The Morgan fingerprint density at radius 3 is 2.67 bits per heavy atom. The summed E-state index contributed by atoms with van der Waals surface area (Å²) in [6.07, 6.45) is 2.74. The number of likely N-dealkylation sites (N-methyl/N-ethyl adjacent to an activating group) is 1. The highest BCUT2D eigenvalue weighted by molar-refractivity contribution is 7.98. The number of hydrogen-bond acceptors (Lipinski definition) is 4. The van der Waals surface area contributed by atoms with E-state index in [0.29, 0.717) is 6.54 Å². The molecular formula is C16H27N3OS. The third kappa shape index (κ3) is 6.98. The number of amides is 1. The van der Waals surface area contributed by atoms with Gasteiger partial charge in [-0.25, -0.2) is 0 Å². The lowest BCUT2D eigenvalue weighted by Crippen LogP contribution is -2.46. The van der Waals surface area contributed by atoms with E-state index in [1.807, 2.05) is 24.5 Å². The van der Waals surface area contributed by atoms with E-state index in [1.165, 1.54) is 5.56 Å². The smallest absolute Gasteiger partial charge is 0.237 e. The first kappa shape index (κ1) is 18.0. The summed E-state index contributed by atoms with van der Waals surface area (Å²) in [4.78, 5) is 14.1. The number of carbonyl (C=O) groups excluding carboxylic acids is 1. The zero-order chi connectivity index (χ0) is 15.7. The van der Waals surface area contributed by atoms with Crippen LogP contribution < -0.4 is 11.1 Å². The fourth-order valence-corrected chi connectivity index (χ4v) is 2.43. The molecule has 1 amide bonds. The first-order chi connectivity index (χ1) is 10.0. The highest BCUT2D eigenvalue weighted by Gasteiger charge is 2.15. The van der Waals surface area contributed by atoms with Crippen molar-refractivity contribution in [3.8, 4) is 0 Å². The van der Waals surface area contributed by atoms with Gasteiger partial charge in [0.05, 0.1) is 6.04 Å². The minimum absolute atomic E-state index is 0.0518. The Morgan fingerprint density at radius 2 is 2.05 bits per heavy atom. The normalized spacial score (nSPS) is 14.0. The van der Waals surface area contributed by atoms with Crippen molar-refractivity contribution in [3.63, 3.8) is 0 Å². The van der Waals surface area contributed by atoms with Gasteiger partial charge in [0, 0.05) is 19.1 Å². The molecule has 1 aromatic carbocycles. The molecule has 4 nitrogen and oxygen atoms in total. The van der Waals surface area contributed by atoms with Gasteiger partial charge in [0.1, 0.15) is 0 Å². The lowest BCUT2D eigenvalue weighted by Gasteiger charge is -2.25. The Bertz CT molecular complexity index is 413. The zero-order valence-corrected chi connectivity index (χ0v) is 14.0. The van der Waals surface area contributed by atoms with Gasteiger partial charge in [0.25, 0.3) is 0 Å². The monoisotopic (exact) mass is 309 g/mol. The maximum absolute atomic E-state index is 11.9. The van der Waals surface area contributed by atoms with Crippen molar-refractivity contribution in [1.29, 1.82) is 0 Å². The van der Waals surface area contributed by atoms with E-state index in [4.69, 9.17) is 5.73 Å². The summed E-state index contributed by atoms with van der Waals surface area (Å²) >= 11 is 1.71. The second-order valence-electron chi connectivity index (χ2n) is 5.38. The average molecular weight is 309 g/mol. The number of nitrogens with one attached hydrogen (secondary N) is 1. The summed E-state index contributed by atoms with van der Waals surface area (Å²) in [5, 5.41) is 2.94. The SMILES string of the molecule is CSCC[C@H](N)C(=O)NCC(C)N(C)Cc1ccccc1. The van der Waals surface area contributed by atoms with Gasteiger partial charge in [-0.05, 0) is 38.0 Å². The third-order valence-corrected chi connectivity index (χ3v) is 4.21. The molecule has 0 radical (unpaired) electrons. The minimum Gasteiger partial charge on any atom is -0.353 e.